The van der Waals surface area contributed by atoms with Gasteiger partial charge in [0.2, 0.25) is 0 Å². The number of piperidine rings is 1. The average molecular weight is 450 g/mol. The third-order valence-corrected chi connectivity index (χ3v) is 7.74. The zero-order valence-electron chi connectivity index (χ0n) is 19.5. The number of aryl methyl sites for hydroxylation is 2. The van der Waals surface area contributed by atoms with Gasteiger partial charge in [0, 0.05) is 38.3 Å². The van der Waals surface area contributed by atoms with Gasteiger partial charge in [-0.3, -0.25) is 4.79 Å². The van der Waals surface area contributed by atoms with Crippen molar-refractivity contribution in [3.63, 3.8) is 0 Å². The standard InChI is InChI=1S/C26H32FN5O/c1-18-24(19(2)30-17-29-18)25(33)32-15-20-13-31(14-21(20)16-32)11-8-26(6-9-28-10-7-26)22-4-3-5-23(27)12-22/h3-5,12-13,17,21,28H,6-11,14-16H2,1-2H3. The van der Waals surface area contributed by atoms with Crippen LogP contribution in [-0.2, 0) is 5.41 Å². The maximum absolute atomic E-state index is 14.0. The van der Waals surface area contributed by atoms with Gasteiger partial charge in [-0.05, 0) is 74.9 Å². The number of benzene rings is 1. The van der Waals surface area contributed by atoms with Crippen LogP contribution in [0.1, 0.15) is 46.6 Å². The highest BCUT2D eigenvalue weighted by atomic mass is 19.1. The Labute approximate surface area is 194 Å². The van der Waals surface area contributed by atoms with Crippen LogP contribution < -0.4 is 5.32 Å². The molecule has 2 aromatic rings. The van der Waals surface area contributed by atoms with E-state index in [1.54, 1.807) is 6.07 Å². The average Bonchev–Trinajstić information content (AvgIpc) is 3.37. The molecule has 2 saturated heterocycles. The summed E-state index contributed by atoms with van der Waals surface area (Å²) in [5, 5.41) is 3.46. The third-order valence-electron chi connectivity index (χ3n) is 7.74. The lowest BCUT2D eigenvalue weighted by molar-refractivity contribution is 0.0782. The molecule has 1 unspecified atom stereocenters. The Balaban J connectivity index is 1.25. The molecule has 0 spiro atoms. The molecule has 174 valence electrons. The Morgan fingerprint density at radius 1 is 1.18 bits per heavy atom. The summed E-state index contributed by atoms with van der Waals surface area (Å²) in [4.78, 5) is 25.9. The summed E-state index contributed by atoms with van der Waals surface area (Å²) in [5.74, 6) is 0.270. The highest BCUT2D eigenvalue weighted by Gasteiger charge is 2.38. The van der Waals surface area contributed by atoms with Crippen LogP contribution in [0.2, 0.25) is 0 Å². The lowest BCUT2D eigenvalue weighted by Crippen LogP contribution is -2.42. The lowest BCUT2D eigenvalue weighted by atomic mass is 9.70. The molecule has 0 saturated carbocycles. The van der Waals surface area contributed by atoms with Gasteiger partial charge in [-0.15, -0.1) is 0 Å². The Bertz CT molecular complexity index is 1060. The van der Waals surface area contributed by atoms with E-state index >= 15 is 0 Å². The van der Waals surface area contributed by atoms with Crippen molar-refractivity contribution in [2.45, 2.75) is 38.5 Å². The number of rotatable bonds is 5. The van der Waals surface area contributed by atoms with Gasteiger partial charge in [0.1, 0.15) is 12.1 Å². The number of nitrogens with one attached hydrogen (secondary N) is 1. The lowest BCUT2D eigenvalue weighted by Gasteiger charge is -2.39. The summed E-state index contributed by atoms with van der Waals surface area (Å²) in [6.07, 6.45) is 6.85. The molecule has 1 aromatic heterocycles. The number of hydrogen-bond donors (Lipinski definition) is 1. The van der Waals surface area contributed by atoms with Crippen molar-refractivity contribution in [2.75, 3.05) is 39.3 Å². The minimum absolute atomic E-state index is 0.0217. The topological polar surface area (TPSA) is 61.4 Å². The molecule has 1 N–H and O–H groups in total. The molecule has 0 aliphatic carbocycles. The van der Waals surface area contributed by atoms with Gasteiger partial charge in [0.25, 0.3) is 5.91 Å². The van der Waals surface area contributed by atoms with Crippen molar-refractivity contribution in [3.8, 4) is 0 Å². The first kappa shape index (κ1) is 22.0. The van der Waals surface area contributed by atoms with Crippen LogP contribution in [0.3, 0.4) is 0 Å². The summed E-state index contributed by atoms with van der Waals surface area (Å²) >= 11 is 0. The Hall–Kier alpha value is -2.80. The fourth-order valence-corrected chi connectivity index (χ4v) is 5.82. The molecule has 7 heteroatoms. The van der Waals surface area contributed by atoms with E-state index in [0.29, 0.717) is 18.0 Å². The Morgan fingerprint density at radius 2 is 1.94 bits per heavy atom. The van der Waals surface area contributed by atoms with Gasteiger partial charge < -0.3 is 15.1 Å². The molecule has 1 amide bonds. The zero-order valence-corrected chi connectivity index (χ0v) is 19.5. The van der Waals surface area contributed by atoms with E-state index in [-0.39, 0.29) is 17.1 Å². The number of carbonyl (C=O) groups is 1. The normalized spacial score (nSPS) is 21.8. The molecule has 4 heterocycles. The van der Waals surface area contributed by atoms with Crippen molar-refractivity contribution >= 4 is 5.91 Å². The second kappa shape index (κ2) is 8.86. The first-order chi connectivity index (χ1) is 15.9. The van der Waals surface area contributed by atoms with Gasteiger partial charge in [-0.1, -0.05) is 12.1 Å². The summed E-state index contributed by atoms with van der Waals surface area (Å²) < 4.78 is 14.0. The fourth-order valence-electron chi connectivity index (χ4n) is 5.82. The minimum Gasteiger partial charge on any atom is -0.377 e. The maximum atomic E-state index is 14.0. The van der Waals surface area contributed by atoms with Crippen LogP contribution in [-0.4, -0.2) is 64.9 Å². The predicted molar refractivity (Wildman–Crippen MR) is 125 cm³/mol. The van der Waals surface area contributed by atoms with Crippen LogP contribution in [0, 0.1) is 25.6 Å². The highest BCUT2D eigenvalue weighted by molar-refractivity contribution is 5.96. The fraction of sp³-hybridized carbons (Fsp3) is 0.500. The van der Waals surface area contributed by atoms with Crippen LogP contribution in [0.15, 0.2) is 42.4 Å². The molecule has 2 fully saturated rings. The summed E-state index contributed by atoms with van der Waals surface area (Å²) in [6, 6.07) is 7.18. The van der Waals surface area contributed by atoms with E-state index in [9.17, 15) is 9.18 Å². The number of likely N-dealkylation sites (tertiary alicyclic amines) is 1. The molecule has 1 atom stereocenters. The van der Waals surface area contributed by atoms with Crippen LogP contribution in [0.4, 0.5) is 4.39 Å². The van der Waals surface area contributed by atoms with Crippen LogP contribution >= 0.6 is 0 Å². The predicted octanol–water partition coefficient (Wildman–Crippen LogP) is 3.22. The maximum Gasteiger partial charge on any atom is 0.257 e. The summed E-state index contributed by atoms with van der Waals surface area (Å²) in [5.41, 5.74) is 4.60. The molecule has 33 heavy (non-hydrogen) atoms. The van der Waals surface area contributed by atoms with E-state index < -0.39 is 0 Å². The van der Waals surface area contributed by atoms with E-state index in [1.165, 1.54) is 18.0 Å². The number of halogens is 1. The van der Waals surface area contributed by atoms with Crippen molar-refractivity contribution in [2.24, 2.45) is 5.92 Å². The Kier molecular flexibility index (Phi) is 5.91. The van der Waals surface area contributed by atoms with E-state index in [4.69, 9.17) is 0 Å². The van der Waals surface area contributed by atoms with Crippen LogP contribution in [0.5, 0.6) is 0 Å². The smallest absolute Gasteiger partial charge is 0.257 e. The molecule has 0 radical (unpaired) electrons. The number of aromatic nitrogens is 2. The number of fused-ring (bicyclic) bond motifs is 1. The van der Waals surface area contributed by atoms with Crippen molar-refractivity contribution in [3.05, 3.63) is 70.7 Å². The number of hydrogen-bond acceptors (Lipinski definition) is 5. The van der Waals surface area contributed by atoms with Crippen molar-refractivity contribution in [1.29, 1.82) is 0 Å². The Morgan fingerprint density at radius 3 is 2.64 bits per heavy atom. The SMILES string of the molecule is Cc1ncnc(C)c1C(=O)N1CC2=CN(CCC3(c4cccc(F)c4)CCNCC3)CC2C1. The molecular formula is C26H32FN5O. The summed E-state index contributed by atoms with van der Waals surface area (Å²) in [6.45, 7) is 9.00. The highest BCUT2D eigenvalue weighted by Crippen LogP contribution is 2.38. The first-order valence-corrected chi connectivity index (χ1v) is 11.9. The monoisotopic (exact) mass is 449 g/mol. The van der Waals surface area contributed by atoms with Gasteiger partial charge >= 0.3 is 0 Å². The number of nitrogens with zero attached hydrogens (tertiary/aromatic N) is 4. The molecule has 1 aromatic carbocycles. The number of amides is 1. The quantitative estimate of drug-likeness (QED) is 0.760. The van der Waals surface area contributed by atoms with Crippen molar-refractivity contribution < 1.29 is 9.18 Å². The first-order valence-electron chi connectivity index (χ1n) is 11.9. The summed E-state index contributed by atoms with van der Waals surface area (Å²) in [7, 11) is 0. The van der Waals surface area contributed by atoms with Crippen LogP contribution in [0.25, 0.3) is 0 Å². The van der Waals surface area contributed by atoms with E-state index in [2.05, 4.69) is 32.5 Å². The second-order valence-electron chi connectivity index (χ2n) is 9.79. The van der Waals surface area contributed by atoms with Gasteiger partial charge in [-0.2, -0.15) is 0 Å². The van der Waals surface area contributed by atoms with Gasteiger partial charge in [0.15, 0.2) is 0 Å². The molecule has 5 rings (SSSR count). The molecule has 3 aliphatic rings. The second-order valence-corrected chi connectivity index (χ2v) is 9.79. The molecule has 0 bridgehead atoms. The number of carbonyl (C=O) groups excluding carboxylic acids is 1. The van der Waals surface area contributed by atoms with E-state index in [0.717, 1.165) is 68.9 Å². The minimum atomic E-state index is -0.151. The molecular weight excluding hydrogens is 417 g/mol. The molecule has 6 nitrogen and oxygen atoms in total. The van der Waals surface area contributed by atoms with Gasteiger partial charge in [-0.25, -0.2) is 14.4 Å². The van der Waals surface area contributed by atoms with Crippen molar-refractivity contribution in [1.82, 2.24) is 25.1 Å². The molecule has 3 aliphatic heterocycles. The van der Waals surface area contributed by atoms with E-state index in [1.807, 2.05) is 24.8 Å². The third kappa shape index (κ3) is 4.26. The zero-order chi connectivity index (χ0) is 23.0. The largest absolute Gasteiger partial charge is 0.377 e. The van der Waals surface area contributed by atoms with Gasteiger partial charge in [0.05, 0.1) is 17.0 Å².